The van der Waals surface area contributed by atoms with Gasteiger partial charge in [0.15, 0.2) is 0 Å². The lowest BCUT2D eigenvalue weighted by Crippen LogP contribution is -2.39. The second-order valence-corrected chi connectivity index (χ2v) is 8.86. The molecule has 4 heterocycles. The molecule has 1 amide bonds. The Kier molecular flexibility index (Phi) is 4.91. The van der Waals surface area contributed by atoms with E-state index in [2.05, 4.69) is 15.1 Å². The van der Waals surface area contributed by atoms with E-state index in [-0.39, 0.29) is 18.0 Å². The van der Waals surface area contributed by atoms with Crippen LogP contribution in [0.1, 0.15) is 38.6 Å². The Morgan fingerprint density at radius 3 is 2.69 bits per heavy atom. The van der Waals surface area contributed by atoms with Crippen molar-refractivity contribution in [1.82, 2.24) is 20.0 Å². The lowest BCUT2D eigenvalue weighted by Gasteiger charge is -2.30. The van der Waals surface area contributed by atoms with Crippen LogP contribution in [0.5, 0.6) is 0 Å². The molecule has 0 bridgehead atoms. The van der Waals surface area contributed by atoms with Gasteiger partial charge in [-0.15, -0.1) is 0 Å². The number of aromatic amines is 2. The zero-order valence-corrected chi connectivity index (χ0v) is 19.2. The fraction of sp³-hybridized carbons (Fsp3) is 0.261. The van der Waals surface area contributed by atoms with Crippen LogP contribution in [0.4, 0.5) is 0 Å². The van der Waals surface area contributed by atoms with E-state index in [9.17, 15) is 9.59 Å². The first-order valence-electron chi connectivity index (χ1n) is 10.2. The average Bonchev–Trinajstić information content (AvgIpc) is 3.36. The molecule has 164 valence electrons. The number of carbonyl (C=O) groups excluding carboxylic acids is 1. The first kappa shape index (κ1) is 20.8. The minimum Gasteiger partial charge on any atom is -0.361 e. The minimum atomic E-state index is -0.254. The summed E-state index contributed by atoms with van der Waals surface area (Å²) in [6.45, 7) is 6.05. The molecule has 1 aliphatic rings. The van der Waals surface area contributed by atoms with Gasteiger partial charge < -0.3 is 19.4 Å². The number of benzene rings is 1. The van der Waals surface area contributed by atoms with Crippen LogP contribution in [0, 0.1) is 20.8 Å². The summed E-state index contributed by atoms with van der Waals surface area (Å²) in [7, 11) is 0. The summed E-state index contributed by atoms with van der Waals surface area (Å²) in [6, 6.07) is 3.63. The van der Waals surface area contributed by atoms with Crippen molar-refractivity contribution >= 4 is 40.0 Å². The Labute approximate surface area is 193 Å². The number of amides is 1. The van der Waals surface area contributed by atoms with Gasteiger partial charge in [-0.25, -0.2) is 0 Å². The van der Waals surface area contributed by atoms with E-state index in [4.69, 9.17) is 27.7 Å². The number of pyridine rings is 1. The molecule has 0 spiro atoms. The van der Waals surface area contributed by atoms with E-state index in [1.807, 2.05) is 19.9 Å². The molecule has 0 saturated carbocycles. The van der Waals surface area contributed by atoms with E-state index in [1.54, 1.807) is 24.1 Å². The molecule has 3 aromatic heterocycles. The third-order valence-electron chi connectivity index (χ3n) is 6.12. The van der Waals surface area contributed by atoms with E-state index in [0.717, 1.165) is 27.7 Å². The maximum absolute atomic E-state index is 13.6. The SMILES string of the molecule is Cc1noc(C)c1-c1cc(Cl)c2c(c1Cl)C(=O)N(Cc1c(=O)[nH]c(C)c3[nH]ccc13)CC2. The van der Waals surface area contributed by atoms with Crippen LogP contribution in [-0.4, -0.2) is 32.5 Å². The Morgan fingerprint density at radius 1 is 1.19 bits per heavy atom. The topological polar surface area (TPSA) is 95.0 Å². The molecule has 0 saturated heterocycles. The molecular weight excluding hydrogens is 451 g/mol. The lowest BCUT2D eigenvalue weighted by molar-refractivity contribution is 0.0727. The fourth-order valence-electron chi connectivity index (χ4n) is 4.55. The van der Waals surface area contributed by atoms with Crippen molar-refractivity contribution in [2.45, 2.75) is 33.7 Å². The van der Waals surface area contributed by atoms with Gasteiger partial charge in [0.2, 0.25) is 0 Å². The van der Waals surface area contributed by atoms with Crippen molar-refractivity contribution in [3.63, 3.8) is 0 Å². The maximum Gasteiger partial charge on any atom is 0.256 e. The first-order chi connectivity index (χ1) is 15.3. The molecule has 2 N–H and O–H groups in total. The largest absolute Gasteiger partial charge is 0.361 e. The number of aryl methyl sites for hydroxylation is 3. The van der Waals surface area contributed by atoms with E-state index in [1.165, 1.54) is 0 Å². The number of fused-ring (bicyclic) bond motifs is 2. The number of H-pyrrole nitrogens is 2. The smallest absolute Gasteiger partial charge is 0.256 e. The van der Waals surface area contributed by atoms with Crippen LogP contribution in [0.2, 0.25) is 10.0 Å². The minimum absolute atomic E-state index is 0.172. The van der Waals surface area contributed by atoms with Crippen molar-refractivity contribution in [3.8, 4) is 11.1 Å². The van der Waals surface area contributed by atoms with Gasteiger partial charge in [0.25, 0.3) is 11.5 Å². The molecule has 1 aromatic carbocycles. The molecule has 9 heteroatoms. The number of nitrogens with one attached hydrogen (secondary N) is 2. The first-order valence-corrected chi connectivity index (χ1v) is 11.0. The van der Waals surface area contributed by atoms with Gasteiger partial charge in [-0.05, 0) is 44.9 Å². The van der Waals surface area contributed by atoms with E-state index >= 15 is 0 Å². The quantitative estimate of drug-likeness (QED) is 0.443. The highest BCUT2D eigenvalue weighted by molar-refractivity contribution is 6.39. The molecule has 5 rings (SSSR count). The summed E-state index contributed by atoms with van der Waals surface area (Å²) < 4.78 is 5.28. The van der Waals surface area contributed by atoms with Crippen molar-refractivity contribution < 1.29 is 9.32 Å². The predicted molar refractivity (Wildman–Crippen MR) is 124 cm³/mol. The maximum atomic E-state index is 13.6. The third kappa shape index (κ3) is 3.07. The van der Waals surface area contributed by atoms with Crippen molar-refractivity contribution in [3.05, 3.63) is 72.6 Å². The number of carbonyl (C=O) groups is 1. The summed E-state index contributed by atoms with van der Waals surface area (Å²) in [5, 5.41) is 5.59. The Hall–Kier alpha value is -3.03. The molecule has 4 aromatic rings. The number of aromatic nitrogens is 3. The van der Waals surface area contributed by atoms with Crippen LogP contribution in [-0.2, 0) is 13.0 Å². The molecule has 32 heavy (non-hydrogen) atoms. The summed E-state index contributed by atoms with van der Waals surface area (Å²) in [5.74, 6) is 0.344. The number of hydrogen-bond acceptors (Lipinski definition) is 4. The van der Waals surface area contributed by atoms with Crippen molar-refractivity contribution in [2.24, 2.45) is 0 Å². The fourth-order valence-corrected chi connectivity index (χ4v) is 5.19. The Balaban J connectivity index is 1.60. The molecule has 7 nitrogen and oxygen atoms in total. The van der Waals surface area contributed by atoms with Gasteiger partial charge in [-0.1, -0.05) is 28.4 Å². The van der Waals surface area contributed by atoms with Crippen LogP contribution in [0.25, 0.3) is 22.0 Å². The molecular formula is C23H20Cl2N4O3. The number of halogens is 2. The molecule has 0 atom stereocenters. The standard InChI is InChI=1S/C23H20Cl2N4O3/c1-10-18(12(3)32-28-10)15-8-17(24)14-5-7-29(23(31)19(14)20(15)25)9-16-13-4-6-26-21(13)11(2)27-22(16)30/h4,6,8,26H,5,7,9H2,1-3H3,(H,27,30). The highest BCUT2D eigenvalue weighted by Gasteiger charge is 2.32. The zero-order chi connectivity index (χ0) is 22.7. The molecule has 0 unspecified atom stereocenters. The van der Waals surface area contributed by atoms with Crippen LogP contribution in [0.3, 0.4) is 0 Å². The zero-order valence-electron chi connectivity index (χ0n) is 17.7. The van der Waals surface area contributed by atoms with Gasteiger partial charge in [0.05, 0.1) is 28.3 Å². The molecule has 0 aliphatic carbocycles. The van der Waals surface area contributed by atoms with Crippen LogP contribution >= 0.6 is 23.2 Å². The van der Waals surface area contributed by atoms with Crippen molar-refractivity contribution in [2.75, 3.05) is 6.54 Å². The Morgan fingerprint density at radius 2 is 1.97 bits per heavy atom. The summed E-state index contributed by atoms with van der Waals surface area (Å²) in [5.41, 5.74) is 5.04. The number of rotatable bonds is 3. The monoisotopic (exact) mass is 470 g/mol. The van der Waals surface area contributed by atoms with E-state index < -0.39 is 0 Å². The number of hydrogen-bond donors (Lipinski definition) is 2. The van der Waals surface area contributed by atoms with E-state index in [0.29, 0.717) is 51.2 Å². The van der Waals surface area contributed by atoms with Gasteiger partial charge in [-0.3, -0.25) is 9.59 Å². The van der Waals surface area contributed by atoms with Crippen LogP contribution < -0.4 is 5.56 Å². The highest BCUT2D eigenvalue weighted by atomic mass is 35.5. The summed E-state index contributed by atoms with van der Waals surface area (Å²) in [6.07, 6.45) is 2.33. The average molecular weight is 471 g/mol. The second kappa shape index (κ2) is 7.53. The second-order valence-electron chi connectivity index (χ2n) is 8.07. The van der Waals surface area contributed by atoms with Gasteiger partial charge in [0.1, 0.15) is 5.76 Å². The lowest BCUT2D eigenvalue weighted by atomic mass is 9.92. The highest BCUT2D eigenvalue weighted by Crippen LogP contribution is 2.41. The van der Waals surface area contributed by atoms with Gasteiger partial charge >= 0.3 is 0 Å². The third-order valence-corrected chi connectivity index (χ3v) is 6.85. The molecule has 0 radical (unpaired) electrons. The van der Waals surface area contributed by atoms with Crippen molar-refractivity contribution in [1.29, 1.82) is 0 Å². The Bertz CT molecular complexity index is 1440. The molecule has 0 fully saturated rings. The van der Waals surface area contributed by atoms with Gasteiger partial charge in [0, 0.05) is 45.5 Å². The number of nitrogens with zero attached hydrogens (tertiary/aromatic N) is 2. The predicted octanol–water partition coefficient (Wildman–Crippen LogP) is 4.94. The van der Waals surface area contributed by atoms with Gasteiger partial charge in [-0.2, -0.15) is 0 Å². The molecule has 1 aliphatic heterocycles. The summed E-state index contributed by atoms with van der Waals surface area (Å²) >= 11 is 13.4. The normalized spacial score (nSPS) is 13.8. The van der Waals surface area contributed by atoms with Crippen LogP contribution in [0.15, 0.2) is 27.6 Å². The summed E-state index contributed by atoms with van der Waals surface area (Å²) in [4.78, 5) is 33.9.